The van der Waals surface area contributed by atoms with Crippen molar-refractivity contribution >= 4 is 40.6 Å². The fourth-order valence-electron chi connectivity index (χ4n) is 8.10. The molecule has 6 atom stereocenters. The number of halogens is 1. The molecule has 0 heterocycles. The van der Waals surface area contributed by atoms with Crippen molar-refractivity contribution in [2.75, 3.05) is 27.2 Å². The number of nitrogens with zero attached hydrogens (tertiary/aromatic N) is 2. The van der Waals surface area contributed by atoms with Crippen LogP contribution >= 0.6 is 11.6 Å². The van der Waals surface area contributed by atoms with Crippen LogP contribution in [-0.4, -0.2) is 87.9 Å². The number of fused-ring (bicyclic) bond motifs is 3. The zero-order chi connectivity index (χ0) is 30.7. The molecular formula is C31H40ClN3O7. The Labute approximate surface area is 250 Å². The van der Waals surface area contributed by atoms with Crippen molar-refractivity contribution in [3.63, 3.8) is 0 Å². The van der Waals surface area contributed by atoms with Gasteiger partial charge in [-0.1, -0.05) is 37.8 Å². The van der Waals surface area contributed by atoms with E-state index in [1.54, 1.807) is 14.1 Å². The highest BCUT2D eigenvalue weighted by Gasteiger charge is 2.69. The molecule has 10 nitrogen and oxygen atoms in total. The fourth-order valence-corrected chi connectivity index (χ4v) is 8.39. The number of carbonyl (C=O) groups is 5. The lowest BCUT2D eigenvalue weighted by Crippen LogP contribution is -2.74. The summed E-state index contributed by atoms with van der Waals surface area (Å²) in [6.07, 6.45) is 6.27. The van der Waals surface area contributed by atoms with E-state index in [0.717, 1.165) is 13.1 Å². The van der Waals surface area contributed by atoms with Gasteiger partial charge in [0.25, 0.3) is 0 Å². The van der Waals surface area contributed by atoms with Crippen molar-refractivity contribution in [1.29, 1.82) is 0 Å². The Morgan fingerprint density at radius 2 is 1.79 bits per heavy atom. The smallest absolute Gasteiger partial charge is 0.235 e. The van der Waals surface area contributed by atoms with E-state index in [9.17, 15) is 34.2 Å². The molecule has 1 amide bonds. The minimum atomic E-state index is -2.74. The number of primary amides is 1. The summed E-state index contributed by atoms with van der Waals surface area (Å²) in [5.41, 5.74) is 3.68. The van der Waals surface area contributed by atoms with Gasteiger partial charge >= 0.3 is 0 Å². The Morgan fingerprint density at radius 1 is 1.12 bits per heavy atom. The van der Waals surface area contributed by atoms with E-state index in [4.69, 9.17) is 17.3 Å². The fraction of sp³-hybridized carbons (Fsp3) is 0.645. The largest absolute Gasteiger partial charge is 0.507 e. The number of phenols is 1. The number of nitrogens with two attached hydrogens (primary N) is 1. The summed E-state index contributed by atoms with van der Waals surface area (Å²) < 4.78 is 0. The molecule has 5 rings (SSSR count). The number of aromatic hydroxyl groups is 1. The van der Waals surface area contributed by atoms with Crippen LogP contribution in [0.1, 0.15) is 66.9 Å². The molecule has 11 heteroatoms. The van der Waals surface area contributed by atoms with Gasteiger partial charge in [-0.3, -0.25) is 33.8 Å². The summed E-state index contributed by atoms with van der Waals surface area (Å²) in [4.78, 5) is 70.3. The van der Waals surface area contributed by atoms with Gasteiger partial charge in [-0.25, -0.2) is 0 Å². The number of aliphatic hydroxyl groups is 1. The van der Waals surface area contributed by atoms with Crippen LogP contribution in [0.2, 0.25) is 5.02 Å². The summed E-state index contributed by atoms with van der Waals surface area (Å²) in [5, 5.41) is 23.1. The van der Waals surface area contributed by atoms with Gasteiger partial charge in [-0.05, 0) is 75.4 Å². The lowest BCUT2D eigenvalue weighted by atomic mass is 9.52. The van der Waals surface area contributed by atoms with E-state index in [0.29, 0.717) is 28.6 Å². The Morgan fingerprint density at radius 3 is 2.38 bits per heavy atom. The van der Waals surface area contributed by atoms with Crippen molar-refractivity contribution in [3.8, 4) is 5.75 Å². The van der Waals surface area contributed by atoms with E-state index in [-0.39, 0.29) is 24.2 Å². The quantitative estimate of drug-likeness (QED) is 0.397. The first-order valence-electron chi connectivity index (χ1n) is 14.9. The topological polar surface area (TPSA) is 158 Å². The summed E-state index contributed by atoms with van der Waals surface area (Å²) in [6, 6.07) is 0.336. The number of hydrogen-bond donors (Lipinski definition) is 3. The van der Waals surface area contributed by atoms with E-state index in [2.05, 4.69) is 11.8 Å². The van der Waals surface area contributed by atoms with Gasteiger partial charge in [0.1, 0.15) is 5.75 Å². The average Bonchev–Trinajstić information content (AvgIpc) is 2.93. The third-order valence-electron chi connectivity index (χ3n) is 10.2. The molecule has 42 heavy (non-hydrogen) atoms. The zero-order valence-electron chi connectivity index (χ0n) is 24.4. The number of carbonyl (C=O) groups excluding carboxylic acids is 5. The molecule has 4 aliphatic carbocycles. The molecule has 0 saturated heterocycles. The molecule has 4 aliphatic rings. The van der Waals surface area contributed by atoms with Crippen molar-refractivity contribution in [2.24, 2.45) is 35.3 Å². The van der Waals surface area contributed by atoms with Crippen LogP contribution < -0.4 is 5.73 Å². The van der Waals surface area contributed by atoms with Crippen molar-refractivity contribution in [1.82, 2.24) is 9.80 Å². The third-order valence-corrected chi connectivity index (χ3v) is 10.6. The maximum atomic E-state index is 13.9. The highest BCUT2D eigenvalue weighted by molar-refractivity contribution is 6.34. The third kappa shape index (κ3) is 4.80. The standard InChI is InChI=1S/C31H40ClN3O7/c1-4-35(13-15-8-6-5-7-9-15)14-17-12-20(36)22-18(24(17)32)10-16-11-19-25(34(2)3)27(38)23(30(33)41)29(40)31(19,42)28(39)21(16)26(22)37/h12,15-16,19,21,23,25,36,42H,4-11,13-14H2,1-3H3,(H2,33,41)/t16-,19-,21?,23?,25-,31-/m0/s1. The van der Waals surface area contributed by atoms with Gasteiger partial charge < -0.3 is 15.9 Å². The van der Waals surface area contributed by atoms with Gasteiger partial charge in [0.05, 0.1) is 17.5 Å². The Bertz CT molecular complexity index is 1340. The van der Waals surface area contributed by atoms with E-state index < -0.39 is 64.4 Å². The Balaban J connectivity index is 1.50. The second-order valence-electron chi connectivity index (χ2n) is 12.8. The molecule has 0 radical (unpaired) electrons. The predicted molar refractivity (Wildman–Crippen MR) is 154 cm³/mol. The number of rotatable bonds is 7. The molecule has 0 aromatic heterocycles. The van der Waals surface area contributed by atoms with Crippen molar-refractivity contribution < 1.29 is 34.2 Å². The second kappa shape index (κ2) is 11.4. The zero-order valence-corrected chi connectivity index (χ0v) is 25.2. The molecular weight excluding hydrogens is 562 g/mol. The molecule has 0 aliphatic heterocycles. The van der Waals surface area contributed by atoms with Crippen LogP contribution in [0.4, 0.5) is 0 Å². The molecule has 1 aromatic carbocycles. The number of Topliss-reactive ketones (excluding diaryl/α,β-unsaturated/α-hetero) is 4. The first-order chi connectivity index (χ1) is 19.8. The van der Waals surface area contributed by atoms with Crippen LogP contribution in [0.5, 0.6) is 5.75 Å². The van der Waals surface area contributed by atoms with Crippen LogP contribution in [-0.2, 0) is 32.1 Å². The summed E-state index contributed by atoms with van der Waals surface area (Å²) in [6.45, 7) is 4.29. The molecule has 0 bridgehead atoms. The van der Waals surface area contributed by atoms with E-state index in [1.807, 2.05) is 0 Å². The summed E-state index contributed by atoms with van der Waals surface area (Å²) in [5.74, 6) is -10.0. The minimum absolute atomic E-state index is 0.00597. The Hall–Kier alpha value is -2.66. The number of amides is 1. The van der Waals surface area contributed by atoms with Gasteiger partial charge in [-0.15, -0.1) is 0 Å². The normalized spacial score (nSPS) is 31.7. The van der Waals surface area contributed by atoms with Crippen molar-refractivity contribution in [2.45, 2.75) is 70.1 Å². The van der Waals surface area contributed by atoms with Crippen LogP contribution in [0.15, 0.2) is 6.07 Å². The molecule has 2 unspecified atom stereocenters. The monoisotopic (exact) mass is 601 g/mol. The first-order valence-corrected chi connectivity index (χ1v) is 15.3. The van der Waals surface area contributed by atoms with Gasteiger partial charge in [0.2, 0.25) is 5.91 Å². The lowest BCUT2D eigenvalue weighted by Gasteiger charge is -2.52. The molecule has 4 N–H and O–H groups in total. The second-order valence-corrected chi connectivity index (χ2v) is 13.2. The van der Waals surface area contributed by atoms with Crippen LogP contribution in [0.25, 0.3) is 0 Å². The highest BCUT2D eigenvalue weighted by Crippen LogP contribution is 2.52. The van der Waals surface area contributed by atoms with Crippen LogP contribution in [0.3, 0.4) is 0 Å². The molecule has 228 valence electrons. The van der Waals surface area contributed by atoms with Gasteiger partial charge in [-0.2, -0.15) is 0 Å². The first kappa shape index (κ1) is 30.8. The SMILES string of the molecule is CCN(Cc1cc(O)c2c(c1Cl)C[C@H]1C[C@H]3[C@H](N(C)C)C(=O)C(C(N)=O)C(=O)[C@@]3(O)C(=O)C1C2=O)CC1CCCCC1. The molecule has 0 spiro atoms. The Kier molecular flexibility index (Phi) is 8.39. The summed E-state index contributed by atoms with van der Waals surface area (Å²) in [7, 11) is 3.12. The number of benzene rings is 1. The number of likely N-dealkylation sites (N-methyl/N-ethyl adjacent to an activating group) is 1. The average molecular weight is 602 g/mol. The van der Waals surface area contributed by atoms with Gasteiger partial charge in [0, 0.05) is 24.0 Å². The number of hydrogen-bond acceptors (Lipinski definition) is 9. The minimum Gasteiger partial charge on any atom is -0.507 e. The molecule has 1 aromatic rings. The van der Waals surface area contributed by atoms with Gasteiger partial charge in [0.15, 0.2) is 34.7 Å². The van der Waals surface area contributed by atoms with E-state index in [1.165, 1.54) is 43.1 Å². The molecule has 3 saturated carbocycles. The molecule has 3 fully saturated rings. The number of ketones is 4. The van der Waals surface area contributed by atoms with Crippen molar-refractivity contribution in [3.05, 3.63) is 27.8 Å². The highest BCUT2D eigenvalue weighted by atomic mass is 35.5. The number of phenolic OH excluding ortho intramolecular Hbond substituents is 1. The lowest BCUT2D eigenvalue weighted by molar-refractivity contribution is -0.181. The maximum absolute atomic E-state index is 13.9. The summed E-state index contributed by atoms with van der Waals surface area (Å²) >= 11 is 6.93. The predicted octanol–water partition coefficient (Wildman–Crippen LogP) is 1.92. The van der Waals surface area contributed by atoms with E-state index >= 15 is 0 Å². The van der Waals surface area contributed by atoms with Crippen LogP contribution in [0, 0.1) is 29.6 Å². The maximum Gasteiger partial charge on any atom is 0.235 e.